The maximum atomic E-state index is 5.94. The Morgan fingerprint density at radius 2 is 1.66 bits per heavy atom. The van der Waals surface area contributed by atoms with E-state index in [0.29, 0.717) is 34.7 Å². The lowest BCUT2D eigenvalue weighted by molar-refractivity contribution is 0.427. The summed E-state index contributed by atoms with van der Waals surface area (Å²) in [5.74, 6) is 2.50. The van der Waals surface area contributed by atoms with E-state index in [1.807, 2.05) is 54.6 Å². The van der Waals surface area contributed by atoms with Crippen LogP contribution in [0.15, 0.2) is 88.4 Å². The number of pyridine rings is 1. The van der Waals surface area contributed by atoms with Crippen LogP contribution in [0.5, 0.6) is 11.5 Å². The van der Waals surface area contributed by atoms with Gasteiger partial charge in [0.2, 0.25) is 18.1 Å². The molecular formula is C21H13N5O3. The number of benzene rings is 2. The minimum atomic E-state index is 0.319. The number of rotatable bonds is 5. The Bertz CT molecular complexity index is 1220. The van der Waals surface area contributed by atoms with Crippen molar-refractivity contribution in [3.63, 3.8) is 0 Å². The van der Waals surface area contributed by atoms with Gasteiger partial charge in [0.05, 0.1) is 0 Å². The summed E-state index contributed by atoms with van der Waals surface area (Å²) in [5, 5.41) is 11.7. The molecule has 29 heavy (non-hydrogen) atoms. The molecular weight excluding hydrogens is 370 g/mol. The predicted molar refractivity (Wildman–Crippen MR) is 103 cm³/mol. The molecule has 0 unspecified atom stereocenters. The van der Waals surface area contributed by atoms with Gasteiger partial charge in [0.15, 0.2) is 0 Å². The van der Waals surface area contributed by atoms with Crippen molar-refractivity contribution in [3.8, 4) is 45.8 Å². The molecule has 140 valence electrons. The molecule has 0 saturated carbocycles. The molecule has 3 heterocycles. The van der Waals surface area contributed by atoms with Gasteiger partial charge in [-0.1, -0.05) is 35.5 Å². The molecule has 0 spiro atoms. The van der Waals surface area contributed by atoms with Crippen LogP contribution >= 0.6 is 0 Å². The molecule has 0 amide bonds. The van der Waals surface area contributed by atoms with E-state index in [2.05, 4.69) is 25.3 Å². The van der Waals surface area contributed by atoms with Gasteiger partial charge < -0.3 is 13.7 Å². The SMILES string of the molecule is c1ccc(Oc2ccncc2-c2nc(-c3ccc(-c4nnco4)cc3)no2)cc1. The maximum Gasteiger partial charge on any atom is 0.263 e. The monoisotopic (exact) mass is 383 g/mol. The number of hydrogen-bond donors (Lipinski definition) is 0. The van der Waals surface area contributed by atoms with Gasteiger partial charge in [0.25, 0.3) is 5.89 Å². The highest BCUT2D eigenvalue weighted by Crippen LogP contribution is 2.32. The minimum absolute atomic E-state index is 0.319. The maximum absolute atomic E-state index is 5.94. The van der Waals surface area contributed by atoms with E-state index in [-0.39, 0.29) is 0 Å². The normalized spacial score (nSPS) is 10.8. The molecule has 0 aliphatic rings. The minimum Gasteiger partial charge on any atom is -0.456 e. The van der Waals surface area contributed by atoms with E-state index in [4.69, 9.17) is 13.7 Å². The Morgan fingerprint density at radius 3 is 2.45 bits per heavy atom. The van der Waals surface area contributed by atoms with E-state index in [0.717, 1.165) is 11.1 Å². The van der Waals surface area contributed by atoms with E-state index >= 15 is 0 Å². The van der Waals surface area contributed by atoms with Crippen LogP contribution in [0, 0.1) is 0 Å². The summed E-state index contributed by atoms with van der Waals surface area (Å²) in [5.41, 5.74) is 2.20. The number of ether oxygens (including phenoxy) is 1. The first kappa shape index (κ1) is 16.8. The molecule has 0 atom stereocenters. The molecule has 3 aromatic heterocycles. The smallest absolute Gasteiger partial charge is 0.263 e. The van der Waals surface area contributed by atoms with Crippen molar-refractivity contribution in [1.29, 1.82) is 0 Å². The molecule has 5 aromatic rings. The van der Waals surface area contributed by atoms with Crippen LogP contribution in [0.4, 0.5) is 0 Å². The second kappa shape index (κ2) is 7.35. The van der Waals surface area contributed by atoms with Crippen molar-refractivity contribution in [2.24, 2.45) is 0 Å². The molecule has 8 nitrogen and oxygen atoms in total. The first-order chi connectivity index (χ1) is 14.4. The van der Waals surface area contributed by atoms with Crippen molar-refractivity contribution in [2.45, 2.75) is 0 Å². The Kier molecular flexibility index (Phi) is 4.26. The average molecular weight is 383 g/mol. The van der Waals surface area contributed by atoms with Gasteiger partial charge in [0.1, 0.15) is 17.1 Å². The van der Waals surface area contributed by atoms with Crippen molar-refractivity contribution >= 4 is 0 Å². The lowest BCUT2D eigenvalue weighted by Crippen LogP contribution is -1.89. The fourth-order valence-corrected chi connectivity index (χ4v) is 2.76. The average Bonchev–Trinajstić information content (AvgIpc) is 3.48. The van der Waals surface area contributed by atoms with Gasteiger partial charge in [-0.3, -0.25) is 4.98 Å². The fraction of sp³-hybridized carbons (Fsp3) is 0. The van der Waals surface area contributed by atoms with Crippen molar-refractivity contribution in [2.75, 3.05) is 0 Å². The zero-order valence-electron chi connectivity index (χ0n) is 15.0. The molecule has 0 aliphatic heterocycles. The van der Waals surface area contributed by atoms with Gasteiger partial charge in [-0.25, -0.2) is 0 Å². The van der Waals surface area contributed by atoms with Crippen LogP contribution in [0.3, 0.4) is 0 Å². The van der Waals surface area contributed by atoms with Gasteiger partial charge in [0, 0.05) is 23.5 Å². The van der Waals surface area contributed by atoms with Gasteiger partial charge >= 0.3 is 0 Å². The number of aromatic nitrogens is 5. The predicted octanol–water partition coefficient (Wildman–Crippen LogP) is 4.64. The molecule has 0 radical (unpaired) electrons. The molecule has 0 aliphatic carbocycles. The molecule has 0 fully saturated rings. The third-order valence-electron chi connectivity index (χ3n) is 4.16. The molecule has 0 bridgehead atoms. The van der Waals surface area contributed by atoms with Crippen LogP contribution in [0.2, 0.25) is 0 Å². The Hall–Kier alpha value is -4.33. The Morgan fingerprint density at radius 1 is 0.828 bits per heavy atom. The quantitative estimate of drug-likeness (QED) is 0.433. The molecule has 8 heteroatoms. The summed E-state index contributed by atoms with van der Waals surface area (Å²) >= 11 is 0. The number of hydrogen-bond acceptors (Lipinski definition) is 8. The molecule has 0 N–H and O–H groups in total. The highest BCUT2D eigenvalue weighted by Gasteiger charge is 2.16. The largest absolute Gasteiger partial charge is 0.456 e. The Balaban J connectivity index is 1.43. The van der Waals surface area contributed by atoms with Gasteiger partial charge in [-0.05, 0) is 30.3 Å². The molecule has 2 aromatic carbocycles. The van der Waals surface area contributed by atoms with E-state index in [9.17, 15) is 0 Å². The summed E-state index contributed by atoms with van der Waals surface area (Å²) in [6.07, 6.45) is 4.57. The van der Waals surface area contributed by atoms with Crippen LogP contribution in [-0.4, -0.2) is 25.3 Å². The first-order valence-corrected chi connectivity index (χ1v) is 8.75. The Labute approximate surface area is 164 Å². The van der Waals surface area contributed by atoms with E-state index in [1.165, 1.54) is 6.39 Å². The third-order valence-corrected chi connectivity index (χ3v) is 4.16. The van der Waals surface area contributed by atoms with Crippen molar-refractivity contribution in [3.05, 3.63) is 79.5 Å². The molecule has 0 saturated heterocycles. The zero-order chi connectivity index (χ0) is 19.5. The van der Waals surface area contributed by atoms with Crippen LogP contribution < -0.4 is 4.74 Å². The second-order valence-electron chi connectivity index (χ2n) is 6.03. The number of nitrogens with zero attached hydrogens (tertiary/aromatic N) is 5. The van der Waals surface area contributed by atoms with Gasteiger partial charge in [-0.2, -0.15) is 4.98 Å². The highest BCUT2D eigenvalue weighted by molar-refractivity contribution is 5.66. The van der Waals surface area contributed by atoms with Gasteiger partial charge in [-0.15, -0.1) is 10.2 Å². The van der Waals surface area contributed by atoms with Crippen molar-refractivity contribution in [1.82, 2.24) is 25.3 Å². The lowest BCUT2D eigenvalue weighted by atomic mass is 10.1. The standard InChI is InChI=1S/C21H13N5O3/c1-2-4-16(5-3-1)28-18-10-11-22-12-17(18)21-24-19(26-29-21)14-6-8-15(9-7-14)20-25-23-13-27-20/h1-13H. The topological polar surface area (TPSA) is 100.0 Å². The third kappa shape index (κ3) is 3.46. The van der Waals surface area contributed by atoms with Crippen LogP contribution in [-0.2, 0) is 0 Å². The van der Waals surface area contributed by atoms with Crippen molar-refractivity contribution < 1.29 is 13.7 Å². The summed E-state index contributed by atoms with van der Waals surface area (Å²) in [6, 6.07) is 18.7. The number of para-hydroxylation sites is 1. The summed E-state index contributed by atoms with van der Waals surface area (Å²) in [4.78, 5) is 8.65. The van der Waals surface area contributed by atoms with Crippen LogP contribution in [0.1, 0.15) is 0 Å². The van der Waals surface area contributed by atoms with E-state index in [1.54, 1.807) is 18.5 Å². The summed E-state index contributed by atoms with van der Waals surface area (Å²) in [6.45, 7) is 0. The molecule has 5 rings (SSSR count). The summed E-state index contributed by atoms with van der Waals surface area (Å²) in [7, 11) is 0. The first-order valence-electron chi connectivity index (χ1n) is 8.75. The highest BCUT2D eigenvalue weighted by atomic mass is 16.5. The zero-order valence-corrected chi connectivity index (χ0v) is 15.0. The van der Waals surface area contributed by atoms with Crippen LogP contribution in [0.25, 0.3) is 34.3 Å². The lowest BCUT2D eigenvalue weighted by Gasteiger charge is -2.07. The second-order valence-corrected chi connectivity index (χ2v) is 6.03. The van der Waals surface area contributed by atoms with E-state index < -0.39 is 0 Å². The fourth-order valence-electron chi connectivity index (χ4n) is 2.76. The summed E-state index contributed by atoms with van der Waals surface area (Å²) < 4.78 is 16.6.